The summed E-state index contributed by atoms with van der Waals surface area (Å²) in [7, 11) is 1.62. The van der Waals surface area contributed by atoms with Crippen molar-refractivity contribution in [2.24, 2.45) is 5.10 Å². The zero-order chi connectivity index (χ0) is 16.0. The molecule has 2 aromatic rings. The van der Waals surface area contributed by atoms with Gasteiger partial charge in [-0.1, -0.05) is 29.4 Å². The topological polar surface area (TPSA) is 62.7 Å². The fourth-order valence-electron chi connectivity index (χ4n) is 2.65. The van der Waals surface area contributed by atoms with E-state index in [1.807, 2.05) is 30.3 Å². The zero-order valence-corrected chi connectivity index (χ0v) is 13.7. The molecule has 0 radical (unpaired) electrons. The Hall–Kier alpha value is -2.18. The molecule has 2 aromatic carbocycles. The normalized spacial score (nSPS) is 21.7. The smallest absolute Gasteiger partial charge is 0.267 e. The van der Waals surface area contributed by atoms with Crippen molar-refractivity contribution in [3.8, 4) is 5.75 Å². The molecule has 2 aliphatic heterocycles. The minimum absolute atomic E-state index is 0.146. The van der Waals surface area contributed by atoms with Gasteiger partial charge < -0.3 is 10.1 Å². The molecule has 2 aliphatic rings. The number of methoxy groups -OCH3 is 1. The van der Waals surface area contributed by atoms with E-state index in [1.165, 1.54) is 11.8 Å². The lowest BCUT2D eigenvalue weighted by Gasteiger charge is -2.19. The number of rotatable bonds is 2. The molecular weight excluding hydrogens is 334 g/mol. The lowest BCUT2D eigenvalue weighted by molar-refractivity contribution is -0.118. The van der Waals surface area contributed by atoms with Crippen molar-refractivity contribution in [1.29, 1.82) is 0 Å². The van der Waals surface area contributed by atoms with Crippen LogP contribution in [0.4, 0.5) is 5.69 Å². The maximum Gasteiger partial charge on any atom is 0.267 e. The molecule has 0 saturated carbocycles. The Morgan fingerprint density at radius 2 is 2.00 bits per heavy atom. The number of hydrogen-bond donors (Lipinski definition) is 2. The molecule has 4 rings (SSSR count). The molecule has 2 N–H and O–H groups in total. The maximum atomic E-state index is 12.5. The average Bonchev–Trinajstić information content (AvgIpc) is 3.11. The molecule has 1 amide bonds. The van der Waals surface area contributed by atoms with Gasteiger partial charge in [0, 0.05) is 21.8 Å². The van der Waals surface area contributed by atoms with E-state index >= 15 is 0 Å². The molecule has 1 unspecified atom stereocenters. The molecule has 0 bridgehead atoms. The molecule has 2 heterocycles. The maximum absolute atomic E-state index is 12.5. The Balaban J connectivity index is 1.68. The Labute approximate surface area is 142 Å². The molecule has 0 saturated heterocycles. The minimum Gasteiger partial charge on any atom is -0.497 e. The van der Waals surface area contributed by atoms with Crippen molar-refractivity contribution >= 4 is 40.0 Å². The quantitative estimate of drug-likeness (QED) is 0.877. The van der Waals surface area contributed by atoms with E-state index in [1.54, 1.807) is 19.2 Å². The highest BCUT2D eigenvalue weighted by Crippen LogP contribution is 2.48. The summed E-state index contributed by atoms with van der Waals surface area (Å²) in [5.41, 5.74) is 5.48. The molecule has 1 atom stereocenters. The number of thioether (sulfide) groups is 1. The number of benzene rings is 2. The number of amides is 1. The predicted molar refractivity (Wildman–Crippen MR) is 92.0 cm³/mol. The molecule has 0 aliphatic carbocycles. The highest BCUT2D eigenvalue weighted by molar-refractivity contribution is 8.16. The number of nitrogens with zero attached hydrogens (tertiary/aromatic N) is 1. The van der Waals surface area contributed by atoms with Crippen LogP contribution in [-0.4, -0.2) is 18.1 Å². The van der Waals surface area contributed by atoms with Crippen LogP contribution in [-0.2, 0) is 9.67 Å². The third kappa shape index (κ3) is 2.17. The van der Waals surface area contributed by atoms with Crippen molar-refractivity contribution in [3.05, 3.63) is 58.6 Å². The van der Waals surface area contributed by atoms with E-state index in [2.05, 4.69) is 15.8 Å². The monoisotopic (exact) mass is 345 g/mol. The van der Waals surface area contributed by atoms with Crippen molar-refractivity contribution in [2.75, 3.05) is 12.4 Å². The highest BCUT2D eigenvalue weighted by Gasteiger charge is 2.51. The van der Waals surface area contributed by atoms with Crippen LogP contribution in [0.25, 0.3) is 0 Å². The van der Waals surface area contributed by atoms with E-state index in [0.717, 1.165) is 21.9 Å². The summed E-state index contributed by atoms with van der Waals surface area (Å²) in [6, 6.07) is 12.9. The van der Waals surface area contributed by atoms with Crippen LogP contribution >= 0.6 is 23.4 Å². The number of fused-ring (bicyclic) bond motifs is 2. The van der Waals surface area contributed by atoms with Gasteiger partial charge in [-0.2, -0.15) is 5.10 Å². The van der Waals surface area contributed by atoms with Crippen LogP contribution in [0, 0.1) is 0 Å². The van der Waals surface area contributed by atoms with Gasteiger partial charge in [0.1, 0.15) is 10.8 Å². The van der Waals surface area contributed by atoms with Crippen LogP contribution in [0.3, 0.4) is 0 Å². The molecule has 5 nitrogen and oxygen atoms in total. The molecule has 0 aromatic heterocycles. The zero-order valence-electron chi connectivity index (χ0n) is 12.1. The first-order chi connectivity index (χ1) is 11.1. The second-order valence-electron chi connectivity index (χ2n) is 5.18. The Morgan fingerprint density at radius 3 is 2.74 bits per heavy atom. The van der Waals surface area contributed by atoms with Gasteiger partial charge in [-0.15, -0.1) is 0 Å². The SMILES string of the molecule is COc1ccc(C2=NNC3(S2)C(=O)Nc2cc(Cl)ccc23)cc1. The Morgan fingerprint density at radius 1 is 1.22 bits per heavy atom. The molecule has 116 valence electrons. The largest absolute Gasteiger partial charge is 0.497 e. The summed E-state index contributed by atoms with van der Waals surface area (Å²) in [5, 5.41) is 8.56. The van der Waals surface area contributed by atoms with Gasteiger partial charge in [-0.3, -0.25) is 10.2 Å². The first-order valence-corrected chi connectivity index (χ1v) is 8.11. The Kier molecular flexibility index (Phi) is 3.25. The van der Waals surface area contributed by atoms with Gasteiger partial charge in [-0.05, 0) is 36.4 Å². The van der Waals surface area contributed by atoms with Crippen molar-refractivity contribution in [2.45, 2.75) is 4.87 Å². The third-order valence-electron chi connectivity index (χ3n) is 3.83. The summed E-state index contributed by atoms with van der Waals surface area (Å²) >= 11 is 7.39. The van der Waals surface area contributed by atoms with Gasteiger partial charge in [0.15, 0.2) is 0 Å². The van der Waals surface area contributed by atoms with E-state index in [0.29, 0.717) is 10.7 Å². The second kappa shape index (κ2) is 5.18. The summed E-state index contributed by atoms with van der Waals surface area (Å²) in [4.78, 5) is 11.6. The predicted octanol–water partition coefficient (Wildman–Crippen LogP) is 3.15. The van der Waals surface area contributed by atoms with Gasteiger partial charge >= 0.3 is 0 Å². The fourth-order valence-corrected chi connectivity index (χ4v) is 3.98. The number of anilines is 1. The summed E-state index contributed by atoms with van der Waals surface area (Å²) in [5.74, 6) is 0.630. The summed E-state index contributed by atoms with van der Waals surface area (Å²) in [6.45, 7) is 0. The average molecular weight is 346 g/mol. The van der Waals surface area contributed by atoms with Crippen LogP contribution < -0.4 is 15.5 Å². The minimum atomic E-state index is -0.935. The van der Waals surface area contributed by atoms with Gasteiger partial charge in [-0.25, -0.2) is 0 Å². The first-order valence-electron chi connectivity index (χ1n) is 6.92. The van der Waals surface area contributed by atoms with Crippen molar-refractivity contribution in [1.82, 2.24) is 5.43 Å². The molecule has 7 heteroatoms. The number of hydrazone groups is 1. The summed E-state index contributed by atoms with van der Waals surface area (Å²) < 4.78 is 5.16. The van der Waals surface area contributed by atoms with Crippen LogP contribution in [0.15, 0.2) is 47.6 Å². The number of ether oxygens (including phenoxy) is 1. The Bertz CT molecular complexity index is 838. The van der Waals surface area contributed by atoms with Crippen molar-refractivity contribution in [3.63, 3.8) is 0 Å². The summed E-state index contributed by atoms with van der Waals surface area (Å²) in [6.07, 6.45) is 0. The molecule has 1 spiro atoms. The second-order valence-corrected chi connectivity index (χ2v) is 6.82. The lowest BCUT2D eigenvalue weighted by Crippen LogP contribution is -2.39. The van der Waals surface area contributed by atoms with E-state index in [-0.39, 0.29) is 5.91 Å². The highest BCUT2D eigenvalue weighted by atomic mass is 35.5. The van der Waals surface area contributed by atoms with E-state index in [9.17, 15) is 4.79 Å². The lowest BCUT2D eigenvalue weighted by atomic mass is 10.1. The number of carbonyl (C=O) groups is 1. The number of carbonyl (C=O) groups excluding carboxylic acids is 1. The third-order valence-corrected chi connectivity index (χ3v) is 5.39. The van der Waals surface area contributed by atoms with E-state index < -0.39 is 4.87 Å². The fraction of sp³-hybridized carbons (Fsp3) is 0.125. The number of nitrogens with one attached hydrogen (secondary N) is 2. The standard InChI is InChI=1S/C16H12ClN3O2S/c1-22-11-5-2-9(3-6-11)14-19-20-16(23-14)12-7-4-10(17)8-13(12)18-15(16)21/h2-8,20H,1H3,(H,18,21). The first kappa shape index (κ1) is 14.4. The van der Waals surface area contributed by atoms with Crippen LogP contribution in [0.2, 0.25) is 5.02 Å². The van der Waals surface area contributed by atoms with Crippen LogP contribution in [0.5, 0.6) is 5.75 Å². The molecule has 23 heavy (non-hydrogen) atoms. The van der Waals surface area contributed by atoms with Gasteiger partial charge in [0.2, 0.25) is 4.87 Å². The van der Waals surface area contributed by atoms with Crippen molar-refractivity contribution < 1.29 is 9.53 Å². The molecule has 0 fully saturated rings. The van der Waals surface area contributed by atoms with E-state index in [4.69, 9.17) is 16.3 Å². The van der Waals surface area contributed by atoms with Gasteiger partial charge in [0.25, 0.3) is 5.91 Å². The molecular formula is C16H12ClN3O2S. The number of hydrogen-bond acceptors (Lipinski definition) is 5. The van der Waals surface area contributed by atoms with Crippen LogP contribution in [0.1, 0.15) is 11.1 Å². The van der Waals surface area contributed by atoms with Gasteiger partial charge in [0.05, 0.1) is 7.11 Å². The number of halogens is 1.